The fraction of sp³-hybridized carbons (Fsp3) is 0.357. The van der Waals surface area contributed by atoms with Crippen LogP contribution in [0, 0.1) is 0 Å². The summed E-state index contributed by atoms with van der Waals surface area (Å²) in [6.07, 6.45) is 3.42. The normalized spacial score (nSPS) is 11.3. The lowest BCUT2D eigenvalue weighted by atomic mass is 10.1. The molecule has 1 aromatic carbocycles. The molecule has 0 aliphatic heterocycles. The molecule has 0 saturated heterocycles. The van der Waals surface area contributed by atoms with Crippen LogP contribution >= 0.6 is 0 Å². The van der Waals surface area contributed by atoms with Crippen LogP contribution in [-0.2, 0) is 0 Å². The molecule has 0 atom stereocenters. The topological polar surface area (TPSA) is 50.4 Å². The molecular formula is C14H20N2O2. The van der Waals surface area contributed by atoms with Gasteiger partial charge in [-0.15, -0.1) is 0 Å². The number of rotatable bonds is 3. The van der Waals surface area contributed by atoms with Crippen molar-refractivity contribution in [1.82, 2.24) is 10.6 Å². The molecule has 0 bridgehead atoms. The molecule has 2 amide bonds. The molecule has 0 unspecified atom stereocenters. The number of carbonyl (C=O) groups is 1. The van der Waals surface area contributed by atoms with Crippen LogP contribution < -0.4 is 15.4 Å². The van der Waals surface area contributed by atoms with Crippen LogP contribution in [0.1, 0.15) is 26.3 Å². The Labute approximate surface area is 108 Å². The molecule has 0 aromatic heterocycles. The fourth-order valence-electron chi connectivity index (χ4n) is 1.34. The molecule has 18 heavy (non-hydrogen) atoms. The third-order valence-corrected chi connectivity index (χ3v) is 2.07. The second-order valence-electron chi connectivity index (χ2n) is 4.96. The van der Waals surface area contributed by atoms with Gasteiger partial charge in [0.25, 0.3) is 0 Å². The fourth-order valence-corrected chi connectivity index (χ4v) is 1.34. The molecule has 98 valence electrons. The van der Waals surface area contributed by atoms with Crippen LogP contribution in [0.2, 0.25) is 0 Å². The van der Waals surface area contributed by atoms with Crippen molar-refractivity contribution in [3.63, 3.8) is 0 Å². The van der Waals surface area contributed by atoms with E-state index in [1.807, 2.05) is 51.1 Å². The Kier molecular flexibility index (Phi) is 4.77. The summed E-state index contributed by atoms with van der Waals surface area (Å²) in [7, 11) is 1.62. The number of amides is 2. The van der Waals surface area contributed by atoms with Gasteiger partial charge in [0, 0.05) is 11.7 Å². The van der Waals surface area contributed by atoms with E-state index < -0.39 is 0 Å². The van der Waals surface area contributed by atoms with Crippen LogP contribution in [0.5, 0.6) is 5.75 Å². The maximum absolute atomic E-state index is 11.5. The summed E-state index contributed by atoms with van der Waals surface area (Å²) in [5.41, 5.74) is 0.721. The van der Waals surface area contributed by atoms with Gasteiger partial charge in [-0.3, -0.25) is 0 Å². The minimum absolute atomic E-state index is 0.221. The summed E-state index contributed by atoms with van der Waals surface area (Å²) >= 11 is 0. The van der Waals surface area contributed by atoms with Crippen LogP contribution in [0.3, 0.4) is 0 Å². The third kappa shape index (κ3) is 5.39. The first-order valence-electron chi connectivity index (χ1n) is 5.80. The predicted molar refractivity (Wildman–Crippen MR) is 73.4 cm³/mol. The zero-order chi connectivity index (χ0) is 13.6. The molecule has 0 heterocycles. The standard InChI is InChI=1S/C14H20N2O2/c1-14(2,3)16-13(17)15-9-8-11-6-5-7-12(10-11)18-4/h5-10H,1-4H3,(H2,15,16,17)/b9-8+. The Morgan fingerprint density at radius 1 is 1.33 bits per heavy atom. The lowest BCUT2D eigenvalue weighted by Gasteiger charge is -2.19. The third-order valence-electron chi connectivity index (χ3n) is 2.07. The minimum atomic E-state index is -0.242. The summed E-state index contributed by atoms with van der Waals surface area (Å²) in [6, 6.07) is 7.37. The zero-order valence-corrected chi connectivity index (χ0v) is 11.3. The van der Waals surface area contributed by atoms with E-state index in [0.717, 1.165) is 11.3 Å². The maximum Gasteiger partial charge on any atom is 0.319 e. The molecule has 2 N–H and O–H groups in total. The van der Waals surface area contributed by atoms with E-state index in [1.165, 1.54) is 0 Å². The Morgan fingerprint density at radius 3 is 2.67 bits per heavy atom. The second kappa shape index (κ2) is 6.10. The summed E-state index contributed by atoms with van der Waals surface area (Å²) in [5.74, 6) is 0.788. The van der Waals surface area contributed by atoms with Crippen molar-refractivity contribution in [3.8, 4) is 5.75 Å². The highest BCUT2D eigenvalue weighted by atomic mass is 16.5. The van der Waals surface area contributed by atoms with Gasteiger partial charge in [0.2, 0.25) is 0 Å². The first-order valence-corrected chi connectivity index (χ1v) is 5.80. The molecule has 0 saturated carbocycles. The molecule has 0 aliphatic carbocycles. The molecule has 0 fully saturated rings. The van der Waals surface area contributed by atoms with Crippen molar-refractivity contribution in [2.75, 3.05) is 7.11 Å². The van der Waals surface area contributed by atoms with Crippen molar-refractivity contribution in [3.05, 3.63) is 36.0 Å². The molecule has 4 nitrogen and oxygen atoms in total. The van der Waals surface area contributed by atoms with Crippen molar-refractivity contribution in [2.45, 2.75) is 26.3 Å². The van der Waals surface area contributed by atoms with Crippen molar-refractivity contribution in [2.24, 2.45) is 0 Å². The zero-order valence-electron chi connectivity index (χ0n) is 11.3. The number of hydrogen-bond donors (Lipinski definition) is 2. The average molecular weight is 248 g/mol. The van der Waals surface area contributed by atoms with Crippen molar-refractivity contribution >= 4 is 12.1 Å². The quantitative estimate of drug-likeness (QED) is 0.864. The first-order chi connectivity index (χ1) is 8.40. The molecule has 0 spiro atoms. The SMILES string of the molecule is COc1cccc(/C=C/NC(=O)NC(C)(C)C)c1. The largest absolute Gasteiger partial charge is 0.497 e. The molecule has 4 heteroatoms. The van der Waals surface area contributed by atoms with Crippen LogP contribution in [0.15, 0.2) is 30.5 Å². The summed E-state index contributed by atoms with van der Waals surface area (Å²) in [6.45, 7) is 5.79. The van der Waals surface area contributed by atoms with Gasteiger partial charge in [0.05, 0.1) is 7.11 Å². The molecule has 0 radical (unpaired) electrons. The molecule has 0 aliphatic rings. The van der Waals surface area contributed by atoms with Crippen LogP contribution in [0.4, 0.5) is 4.79 Å². The number of nitrogens with one attached hydrogen (secondary N) is 2. The Morgan fingerprint density at radius 2 is 2.06 bits per heavy atom. The molecular weight excluding hydrogens is 228 g/mol. The Balaban J connectivity index is 2.52. The lowest BCUT2D eigenvalue weighted by molar-refractivity contribution is 0.235. The van der Waals surface area contributed by atoms with E-state index in [1.54, 1.807) is 13.3 Å². The predicted octanol–water partition coefficient (Wildman–Crippen LogP) is 2.76. The van der Waals surface area contributed by atoms with Crippen LogP contribution in [0.25, 0.3) is 6.08 Å². The number of benzene rings is 1. The van der Waals surface area contributed by atoms with E-state index in [2.05, 4.69) is 10.6 Å². The number of hydrogen-bond acceptors (Lipinski definition) is 2. The number of methoxy groups -OCH3 is 1. The highest BCUT2D eigenvalue weighted by Crippen LogP contribution is 2.13. The summed E-state index contributed by atoms with van der Waals surface area (Å²) in [5, 5.41) is 5.46. The van der Waals surface area contributed by atoms with Crippen molar-refractivity contribution < 1.29 is 9.53 Å². The highest BCUT2D eigenvalue weighted by Gasteiger charge is 2.11. The first kappa shape index (κ1) is 14.1. The smallest absolute Gasteiger partial charge is 0.319 e. The highest BCUT2D eigenvalue weighted by molar-refractivity contribution is 5.76. The monoisotopic (exact) mass is 248 g/mol. The average Bonchev–Trinajstić information content (AvgIpc) is 2.27. The van der Waals surface area contributed by atoms with E-state index in [9.17, 15) is 4.79 Å². The number of carbonyl (C=O) groups excluding carboxylic acids is 1. The summed E-state index contributed by atoms with van der Waals surface area (Å²) < 4.78 is 5.11. The lowest BCUT2D eigenvalue weighted by Crippen LogP contribution is -2.44. The maximum atomic E-state index is 11.5. The van der Waals surface area contributed by atoms with Gasteiger partial charge in [-0.1, -0.05) is 12.1 Å². The van der Waals surface area contributed by atoms with Crippen LogP contribution in [-0.4, -0.2) is 18.7 Å². The van der Waals surface area contributed by atoms with Gasteiger partial charge >= 0.3 is 6.03 Å². The van der Waals surface area contributed by atoms with Gasteiger partial charge in [0.15, 0.2) is 0 Å². The van der Waals surface area contributed by atoms with E-state index in [-0.39, 0.29) is 11.6 Å². The molecule has 1 rings (SSSR count). The van der Waals surface area contributed by atoms with E-state index in [4.69, 9.17) is 4.74 Å². The number of ether oxygens (including phenoxy) is 1. The second-order valence-corrected chi connectivity index (χ2v) is 4.96. The Bertz CT molecular complexity index is 434. The van der Waals surface area contributed by atoms with Gasteiger partial charge in [-0.05, 0) is 44.5 Å². The van der Waals surface area contributed by atoms with Crippen molar-refractivity contribution in [1.29, 1.82) is 0 Å². The Hall–Kier alpha value is -1.97. The van der Waals surface area contributed by atoms with E-state index >= 15 is 0 Å². The van der Waals surface area contributed by atoms with Gasteiger partial charge in [0.1, 0.15) is 5.75 Å². The number of urea groups is 1. The van der Waals surface area contributed by atoms with Gasteiger partial charge in [-0.2, -0.15) is 0 Å². The molecule has 1 aromatic rings. The van der Waals surface area contributed by atoms with Gasteiger partial charge < -0.3 is 15.4 Å². The van der Waals surface area contributed by atoms with E-state index in [0.29, 0.717) is 0 Å². The summed E-state index contributed by atoms with van der Waals surface area (Å²) in [4.78, 5) is 11.5. The van der Waals surface area contributed by atoms with Gasteiger partial charge in [-0.25, -0.2) is 4.79 Å². The minimum Gasteiger partial charge on any atom is -0.497 e.